The van der Waals surface area contributed by atoms with Crippen molar-refractivity contribution in [1.29, 1.82) is 0 Å². The van der Waals surface area contributed by atoms with Gasteiger partial charge in [-0.05, 0) is 18.2 Å². The van der Waals surface area contributed by atoms with Crippen LogP contribution in [0.15, 0.2) is 18.3 Å². The molecule has 0 aliphatic rings. The lowest BCUT2D eigenvalue weighted by Crippen LogP contribution is -2.35. The molecule has 0 amide bonds. The van der Waals surface area contributed by atoms with E-state index >= 15 is 0 Å². The second kappa shape index (κ2) is 4.11. The summed E-state index contributed by atoms with van der Waals surface area (Å²) in [5.74, 6) is 0.894. The fourth-order valence-electron chi connectivity index (χ4n) is 0.908. The van der Waals surface area contributed by atoms with Crippen LogP contribution in [0.4, 0.5) is 5.82 Å². The lowest BCUT2D eigenvalue weighted by Gasteiger charge is -2.22. The summed E-state index contributed by atoms with van der Waals surface area (Å²) in [5.41, 5.74) is 0. The van der Waals surface area contributed by atoms with Gasteiger partial charge in [-0.25, -0.2) is 4.98 Å². The molecule has 0 aliphatic carbocycles. The minimum Gasteiger partial charge on any atom is -0.396 e. The molecule has 4 heteroatoms. The Labute approximate surface area is 85.4 Å². The molecular weight excluding hydrogens is 200 g/mol. The monoisotopic (exact) mass is 214 g/mol. The smallest absolute Gasteiger partial charge is 0.148 e. The Morgan fingerprint density at radius 3 is 2.77 bits per heavy atom. The maximum Gasteiger partial charge on any atom is 0.148 e. The summed E-state index contributed by atoms with van der Waals surface area (Å²) >= 11 is 5.85. The van der Waals surface area contributed by atoms with Gasteiger partial charge in [-0.1, -0.05) is 31.6 Å². The van der Waals surface area contributed by atoms with Crippen LogP contribution in [0.3, 0.4) is 0 Å². The first kappa shape index (κ1) is 10.5. The summed E-state index contributed by atoms with van der Waals surface area (Å²) in [6.45, 7) is 6.74. The van der Waals surface area contributed by atoms with E-state index in [0.717, 1.165) is 10.8 Å². The number of nitrogens with one attached hydrogen (secondary N) is 1. The van der Waals surface area contributed by atoms with Crippen LogP contribution in [0, 0.1) is 0 Å². The van der Waals surface area contributed by atoms with Gasteiger partial charge in [-0.3, -0.25) is 0 Å². The average molecular weight is 215 g/mol. The molecule has 13 heavy (non-hydrogen) atoms. The Bertz CT molecular complexity index is 289. The van der Waals surface area contributed by atoms with Crippen molar-refractivity contribution >= 4 is 25.7 Å². The summed E-state index contributed by atoms with van der Waals surface area (Å²) in [4.78, 5) is 7.66. The van der Waals surface area contributed by atoms with Gasteiger partial charge in [0.25, 0.3) is 0 Å². The molecular formula is C9H15ClN2Si. The van der Waals surface area contributed by atoms with Crippen molar-refractivity contribution in [1.82, 2.24) is 4.98 Å². The van der Waals surface area contributed by atoms with Crippen molar-refractivity contribution in [3.8, 4) is 0 Å². The molecule has 1 aromatic rings. The minimum atomic E-state index is -1.31. The third-order valence-electron chi connectivity index (χ3n) is 2.07. The Morgan fingerprint density at radius 1 is 1.54 bits per heavy atom. The maximum absolute atomic E-state index is 5.85. The molecule has 1 aromatic heterocycles. The zero-order valence-electron chi connectivity index (χ0n) is 8.26. The first-order chi connectivity index (χ1) is 6.03. The summed E-state index contributed by atoms with van der Waals surface area (Å²) < 4.78 is 0. The van der Waals surface area contributed by atoms with Crippen molar-refractivity contribution in [2.45, 2.75) is 26.1 Å². The normalized spacial score (nSPS) is 11.4. The zero-order valence-corrected chi connectivity index (χ0v) is 10.0. The van der Waals surface area contributed by atoms with E-state index in [4.69, 9.17) is 11.6 Å². The van der Waals surface area contributed by atoms with Crippen LogP contribution in [-0.4, -0.2) is 13.2 Å². The fourth-order valence-corrected chi connectivity index (χ4v) is 2.07. The van der Waals surface area contributed by atoms with Gasteiger partial charge >= 0.3 is 0 Å². The number of nitrogens with zero attached hydrogens (tertiary/aromatic N) is 1. The quantitative estimate of drug-likeness (QED) is 0.781. The van der Waals surface area contributed by atoms with E-state index in [2.05, 4.69) is 30.0 Å². The van der Waals surface area contributed by atoms with Crippen molar-refractivity contribution in [2.24, 2.45) is 0 Å². The molecule has 72 valence electrons. The second-order valence-electron chi connectivity index (χ2n) is 3.72. The fraction of sp³-hybridized carbons (Fsp3) is 0.444. The zero-order chi connectivity index (χ0) is 9.90. The van der Waals surface area contributed by atoms with Gasteiger partial charge in [0, 0.05) is 11.2 Å². The predicted octanol–water partition coefficient (Wildman–Crippen LogP) is 3.37. The molecule has 1 rings (SSSR count). The highest BCUT2D eigenvalue weighted by Crippen LogP contribution is 2.16. The highest BCUT2D eigenvalue weighted by molar-refractivity contribution is 6.80. The number of aromatic nitrogens is 1. The molecule has 0 saturated carbocycles. The number of rotatable bonds is 3. The molecule has 0 aliphatic heterocycles. The summed E-state index contributed by atoms with van der Waals surface area (Å²) in [5, 5.41) is 0.735. The maximum atomic E-state index is 5.85. The van der Waals surface area contributed by atoms with Crippen molar-refractivity contribution in [2.75, 3.05) is 4.98 Å². The highest BCUT2D eigenvalue weighted by Gasteiger charge is 2.18. The molecule has 0 radical (unpaired) electrons. The van der Waals surface area contributed by atoms with Gasteiger partial charge in [0.2, 0.25) is 0 Å². The number of hydrogen-bond acceptors (Lipinski definition) is 2. The van der Waals surface area contributed by atoms with Gasteiger partial charge in [0.15, 0.2) is 0 Å². The first-order valence-electron chi connectivity index (χ1n) is 4.43. The predicted molar refractivity (Wildman–Crippen MR) is 60.8 cm³/mol. The lowest BCUT2D eigenvalue weighted by molar-refractivity contribution is 1.28. The number of hydrogen-bond donors (Lipinski definition) is 1. The summed E-state index contributed by atoms with van der Waals surface area (Å²) in [6, 6.07) is 4.83. The van der Waals surface area contributed by atoms with Crippen molar-refractivity contribution in [3.63, 3.8) is 0 Å². The summed E-state index contributed by atoms with van der Waals surface area (Å²) in [6.07, 6.45) is 1.73. The van der Waals surface area contributed by atoms with Crippen LogP contribution < -0.4 is 4.98 Å². The lowest BCUT2D eigenvalue weighted by atomic mass is 10.5. The summed E-state index contributed by atoms with van der Waals surface area (Å²) in [7, 11) is -1.31. The minimum absolute atomic E-state index is 0.735. The van der Waals surface area contributed by atoms with Gasteiger partial charge in [0.1, 0.15) is 14.1 Å². The average Bonchev–Trinajstić information content (AvgIpc) is 2.03. The second-order valence-corrected chi connectivity index (χ2v) is 8.88. The molecule has 0 unspecified atom stereocenters. The Morgan fingerprint density at radius 2 is 2.23 bits per heavy atom. The Balaban J connectivity index is 2.74. The van der Waals surface area contributed by atoms with E-state index in [1.807, 2.05) is 6.07 Å². The van der Waals surface area contributed by atoms with E-state index in [9.17, 15) is 0 Å². The molecule has 0 fully saturated rings. The molecule has 0 saturated heterocycles. The SMILES string of the molecule is CC[Si](C)(C)Nc1cc(Cl)ccn1. The number of pyridine rings is 1. The van der Waals surface area contributed by atoms with E-state index in [0.29, 0.717) is 0 Å². The van der Waals surface area contributed by atoms with E-state index in [1.54, 1.807) is 12.3 Å². The molecule has 1 N–H and O–H groups in total. The van der Waals surface area contributed by atoms with E-state index < -0.39 is 8.24 Å². The van der Waals surface area contributed by atoms with Crippen molar-refractivity contribution in [3.05, 3.63) is 23.4 Å². The standard InChI is InChI=1S/C9H15ClN2Si/c1-4-13(2,3)12-9-7-8(10)5-6-11-9/h5-7H,4H2,1-3H3,(H,11,12). The van der Waals surface area contributed by atoms with E-state index in [-0.39, 0.29) is 0 Å². The van der Waals surface area contributed by atoms with Gasteiger partial charge in [-0.2, -0.15) is 0 Å². The highest BCUT2D eigenvalue weighted by atomic mass is 35.5. The third-order valence-corrected chi connectivity index (χ3v) is 5.01. The molecule has 0 atom stereocenters. The van der Waals surface area contributed by atoms with Crippen LogP contribution in [-0.2, 0) is 0 Å². The first-order valence-corrected chi connectivity index (χ1v) is 8.02. The Kier molecular flexibility index (Phi) is 3.33. The van der Waals surface area contributed by atoms with E-state index in [1.165, 1.54) is 6.04 Å². The van der Waals surface area contributed by atoms with Crippen LogP contribution in [0.1, 0.15) is 6.92 Å². The van der Waals surface area contributed by atoms with Gasteiger partial charge < -0.3 is 4.98 Å². The topological polar surface area (TPSA) is 24.9 Å². The van der Waals surface area contributed by atoms with Crippen molar-refractivity contribution < 1.29 is 0 Å². The van der Waals surface area contributed by atoms with Crippen LogP contribution >= 0.6 is 11.6 Å². The molecule has 0 aromatic carbocycles. The third kappa shape index (κ3) is 3.36. The van der Waals surface area contributed by atoms with Gasteiger partial charge in [-0.15, -0.1) is 0 Å². The van der Waals surface area contributed by atoms with Gasteiger partial charge in [0.05, 0.1) is 0 Å². The largest absolute Gasteiger partial charge is 0.396 e. The number of anilines is 1. The Hall–Kier alpha value is -0.543. The molecule has 0 spiro atoms. The molecule has 0 bridgehead atoms. The number of halogens is 1. The van der Waals surface area contributed by atoms with Crippen LogP contribution in [0.5, 0.6) is 0 Å². The van der Waals surface area contributed by atoms with Crippen LogP contribution in [0.25, 0.3) is 0 Å². The molecule has 1 heterocycles. The molecule has 2 nitrogen and oxygen atoms in total. The van der Waals surface area contributed by atoms with Crippen LogP contribution in [0.2, 0.25) is 24.2 Å².